The SMILES string of the molecule is CC1CCN(CCNC(=O)c2ccc3c(c2)C(=O)c2ccccc2-3)CC1. The third-order valence-corrected chi connectivity index (χ3v) is 5.58. The molecule has 0 unspecified atom stereocenters. The van der Waals surface area contributed by atoms with Gasteiger partial charge in [0.05, 0.1) is 0 Å². The number of rotatable bonds is 4. The minimum absolute atomic E-state index is 0.00712. The molecule has 0 saturated carbocycles. The number of amides is 1. The molecule has 0 radical (unpaired) electrons. The summed E-state index contributed by atoms with van der Waals surface area (Å²) in [5.74, 6) is 0.712. The van der Waals surface area contributed by atoms with Gasteiger partial charge in [-0.1, -0.05) is 37.3 Å². The molecule has 1 saturated heterocycles. The molecule has 134 valence electrons. The zero-order valence-corrected chi connectivity index (χ0v) is 15.1. The number of nitrogens with zero attached hydrogens (tertiary/aromatic N) is 1. The Hall–Kier alpha value is -2.46. The van der Waals surface area contributed by atoms with E-state index in [0.717, 1.165) is 42.2 Å². The summed E-state index contributed by atoms with van der Waals surface area (Å²) >= 11 is 0. The summed E-state index contributed by atoms with van der Waals surface area (Å²) in [5, 5.41) is 2.99. The zero-order valence-electron chi connectivity index (χ0n) is 15.1. The lowest BCUT2D eigenvalue weighted by molar-refractivity contribution is 0.0944. The second-order valence-corrected chi connectivity index (χ2v) is 7.42. The monoisotopic (exact) mass is 348 g/mol. The Balaban J connectivity index is 1.40. The molecule has 0 aromatic heterocycles. The van der Waals surface area contributed by atoms with Gasteiger partial charge in [-0.15, -0.1) is 0 Å². The molecule has 2 aromatic rings. The van der Waals surface area contributed by atoms with E-state index in [2.05, 4.69) is 17.1 Å². The first kappa shape index (κ1) is 17.0. The number of nitrogens with one attached hydrogen (secondary N) is 1. The highest BCUT2D eigenvalue weighted by Crippen LogP contribution is 2.36. The molecule has 2 aromatic carbocycles. The standard InChI is InChI=1S/C22H24N2O2/c1-15-8-11-24(12-9-15)13-10-23-22(26)16-6-7-18-17-4-2-3-5-19(17)21(25)20(18)14-16/h2-7,14-15H,8-13H2,1H3,(H,23,26). The summed E-state index contributed by atoms with van der Waals surface area (Å²) in [5.41, 5.74) is 3.78. The number of hydrogen-bond acceptors (Lipinski definition) is 3. The fourth-order valence-electron chi connectivity index (χ4n) is 3.88. The van der Waals surface area contributed by atoms with Crippen LogP contribution in [0, 0.1) is 5.92 Å². The van der Waals surface area contributed by atoms with Crippen molar-refractivity contribution in [1.29, 1.82) is 0 Å². The first-order valence-corrected chi connectivity index (χ1v) is 9.42. The van der Waals surface area contributed by atoms with E-state index in [4.69, 9.17) is 0 Å². The molecule has 4 nitrogen and oxygen atoms in total. The smallest absolute Gasteiger partial charge is 0.251 e. The van der Waals surface area contributed by atoms with Gasteiger partial charge in [-0.25, -0.2) is 0 Å². The number of benzene rings is 2. The lowest BCUT2D eigenvalue weighted by Crippen LogP contribution is -2.39. The van der Waals surface area contributed by atoms with E-state index >= 15 is 0 Å². The summed E-state index contributed by atoms with van der Waals surface area (Å²) in [4.78, 5) is 27.5. The van der Waals surface area contributed by atoms with Crippen LogP contribution in [0.2, 0.25) is 0 Å². The van der Waals surface area contributed by atoms with Gasteiger partial charge in [-0.05, 0) is 55.1 Å². The largest absolute Gasteiger partial charge is 0.351 e. The van der Waals surface area contributed by atoms with Crippen molar-refractivity contribution < 1.29 is 9.59 Å². The second kappa shape index (κ2) is 7.04. The Morgan fingerprint density at radius 1 is 1.04 bits per heavy atom. The average molecular weight is 348 g/mol. The molecule has 0 spiro atoms. The van der Waals surface area contributed by atoms with E-state index in [-0.39, 0.29) is 11.7 Å². The van der Waals surface area contributed by atoms with Gasteiger partial charge in [0.2, 0.25) is 0 Å². The van der Waals surface area contributed by atoms with Crippen LogP contribution in [0.4, 0.5) is 0 Å². The maximum Gasteiger partial charge on any atom is 0.251 e. The van der Waals surface area contributed by atoms with Gasteiger partial charge in [-0.2, -0.15) is 0 Å². The third kappa shape index (κ3) is 3.17. The highest BCUT2D eigenvalue weighted by Gasteiger charge is 2.27. The normalized spacial score (nSPS) is 17.0. The number of piperidine rings is 1. The maximum absolute atomic E-state index is 12.6. The molecule has 4 rings (SSSR count). The van der Waals surface area contributed by atoms with Gasteiger partial charge in [-0.3, -0.25) is 9.59 Å². The van der Waals surface area contributed by atoms with E-state index in [1.807, 2.05) is 36.4 Å². The third-order valence-electron chi connectivity index (χ3n) is 5.58. The van der Waals surface area contributed by atoms with Crippen LogP contribution in [0.25, 0.3) is 11.1 Å². The zero-order chi connectivity index (χ0) is 18.1. The summed E-state index contributed by atoms with van der Waals surface area (Å²) in [7, 11) is 0. The van der Waals surface area contributed by atoms with Crippen LogP contribution in [0.5, 0.6) is 0 Å². The van der Waals surface area contributed by atoms with Crippen molar-refractivity contribution in [3.05, 3.63) is 59.2 Å². The van der Waals surface area contributed by atoms with Gasteiger partial charge in [0.1, 0.15) is 0 Å². The second-order valence-electron chi connectivity index (χ2n) is 7.42. The van der Waals surface area contributed by atoms with Crippen LogP contribution in [0.1, 0.15) is 46.0 Å². The summed E-state index contributed by atoms with van der Waals surface area (Å²) < 4.78 is 0. The quantitative estimate of drug-likeness (QED) is 0.786. The lowest BCUT2D eigenvalue weighted by Gasteiger charge is -2.30. The van der Waals surface area contributed by atoms with E-state index < -0.39 is 0 Å². The minimum atomic E-state index is -0.109. The number of carbonyl (C=O) groups is 2. The molecule has 1 fully saturated rings. The van der Waals surface area contributed by atoms with E-state index in [1.165, 1.54) is 12.8 Å². The molecule has 2 aliphatic rings. The Bertz CT molecular complexity index is 851. The minimum Gasteiger partial charge on any atom is -0.351 e. The van der Waals surface area contributed by atoms with Gasteiger partial charge >= 0.3 is 0 Å². The van der Waals surface area contributed by atoms with Gasteiger partial charge < -0.3 is 10.2 Å². The van der Waals surface area contributed by atoms with Crippen LogP contribution in [0.15, 0.2) is 42.5 Å². The Morgan fingerprint density at radius 2 is 1.73 bits per heavy atom. The molecule has 1 aliphatic heterocycles. The summed E-state index contributed by atoms with van der Waals surface area (Å²) in [6, 6.07) is 13.0. The predicted octanol–water partition coefficient (Wildman–Crippen LogP) is 3.36. The number of ketones is 1. The van der Waals surface area contributed by atoms with E-state index in [9.17, 15) is 9.59 Å². The number of likely N-dealkylation sites (tertiary alicyclic amines) is 1. The van der Waals surface area contributed by atoms with Gasteiger partial charge in [0.15, 0.2) is 5.78 Å². The number of fused-ring (bicyclic) bond motifs is 3. The average Bonchev–Trinajstić information content (AvgIpc) is 2.96. The first-order valence-electron chi connectivity index (χ1n) is 9.42. The van der Waals surface area contributed by atoms with Crippen molar-refractivity contribution in [3.63, 3.8) is 0 Å². The summed E-state index contributed by atoms with van der Waals surface area (Å²) in [6.45, 7) is 6.05. The van der Waals surface area contributed by atoms with Crippen molar-refractivity contribution in [2.75, 3.05) is 26.2 Å². The molecule has 0 atom stereocenters. The molecule has 0 bridgehead atoms. The highest BCUT2D eigenvalue weighted by molar-refractivity contribution is 6.22. The van der Waals surface area contributed by atoms with Crippen LogP contribution < -0.4 is 5.32 Å². The fourth-order valence-corrected chi connectivity index (χ4v) is 3.88. The Kier molecular flexibility index (Phi) is 4.60. The molecule has 26 heavy (non-hydrogen) atoms. The Labute approximate surface area is 154 Å². The molecule has 1 aliphatic carbocycles. The van der Waals surface area contributed by atoms with Crippen LogP contribution in [0.3, 0.4) is 0 Å². The van der Waals surface area contributed by atoms with Crippen molar-refractivity contribution in [3.8, 4) is 11.1 Å². The van der Waals surface area contributed by atoms with E-state index in [0.29, 0.717) is 17.7 Å². The molecule has 1 N–H and O–H groups in total. The van der Waals surface area contributed by atoms with Crippen LogP contribution in [-0.2, 0) is 0 Å². The van der Waals surface area contributed by atoms with Crippen LogP contribution >= 0.6 is 0 Å². The molecule has 1 amide bonds. The topological polar surface area (TPSA) is 49.4 Å². The predicted molar refractivity (Wildman–Crippen MR) is 102 cm³/mol. The summed E-state index contributed by atoms with van der Waals surface area (Å²) in [6.07, 6.45) is 2.48. The highest BCUT2D eigenvalue weighted by atomic mass is 16.1. The van der Waals surface area contributed by atoms with Crippen LogP contribution in [-0.4, -0.2) is 42.8 Å². The van der Waals surface area contributed by atoms with Crippen molar-refractivity contribution in [1.82, 2.24) is 10.2 Å². The number of hydrogen-bond donors (Lipinski definition) is 1. The molecule has 4 heteroatoms. The number of carbonyl (C=O) groups excluding carboxylic acids is 2. The molecule has 1 heterocycles. The molecular weight excluding hydrogens is 324 g/mol. The maximum atomic E-state index is 12.6. The van der Waals surface area contributed by atoms with Gasteiger partial charge in [0.25, 0.3) is 5.91 Å². The van der Waals surface area contributed by atoms with E-state index in [1.54, 1.807) is 6.07 Å². The van der Waals surface area contributed by atoms with Gasteiger partial charge in [0, 0.05) is 29.8 Å². The van der Waals surface area contributed by atoms with Crippen molar-refractivity contribution in [2.24, 2.45) is 5.92 Å². The Morgan fingerprint density at radius 3 is 2.50 bits per heavy atom. The lowest BCUT2D eigenvalue weighted by atomic mass is 9.99. The van der Waals surface area contributed by atoms with Crippen molar-refractivity contribution >= 4 is 11.7 Å². The molecular formula is C22H24N2O2. The first-order chi connectivity index (χ1) is 12.6. The fraction of sp³-hybridized carbons (Fsp3) is 0.364. The van der Waals surface area contributed by atoms with Crippen molar-refractivity contribution in [2.45, 2.75) is 19.8 Å².